The monoisotopic (exact) mass is 243 g/mol. The molecule has 1 amide bonds. The van der Waals surface area contributed by atoms with Gasteiger partial charge in [0, 0.05) is 36.4 Å². The van der Waals surface area contributed by atoms with Gasteiger partial charge in [0.1, 0.15) is 0 Å². The lowest BCUT2D eigenvalue weighted by molar-refractivity contribution is 0.100. The number of rotatable bonds is 2. The average Bonchev–Trinajstić information content (AvgIpc) is 2.28. The Labute approximate surface area is 106 Å². The topological polar surface area (TPSA) is 59.2 Å². The van der Waals surface area contributed by atoms with Crippen LogP contribution in [0.2, 0.25) is 0 Å². The number of hydrogen-bond donors (Lipinski definition) is 1. The van der Waals surface area contributed by atoms with Crippen LogP contribution in [0.5, 0.6) is 0 Å². The average molecular weight is 243 g/mol. The maximum absolute atomic E-state index is 11.3. The number of aromatic nitrogens is 1. The van der Waals surface area contributed by atoms with Crippen molar-refractivity contribution < 1.29 is 4.79 Å². The van der Waals surface area contributed by atoms with E-state index in [4.69, 9.17) is 5.73 Å². The molecule has 4 heteroatoms. The maximum atomic E-state index is 11.3. The molecule has 0 aliphatic rings. The van der Waals surface area contributed by atoms with Gasteiger partial charge in [0.05, 0.1) is 5.52 Å². The molecular formula is C14H17N3O. The van der Waals surface area contributed by atoms with E-state index in [2.05, 4.69) is 4.98 Å². The summed E-state index contributed by atoms with van der Waals surface area (Å²) in [5, 5.41) is 0.958. The first-order valence-corrected chi connectivity index (χ1v) is 5.79. The number of carbonyl (C=O) groups is 1. The normalized spacial score (nSPS) is 10.7. The number of aryl methyl sites for hydroxylation is 2. The first-order chi connectivity index (χ1) is 8.40. The number of primary amides is 1. The van der Waals surface area contributed by atoms with E-state index >= 15 is 0 Å². The van der Waals surface area contributed by atoms with Crippen LogP contribution >= 0.6 is 0 Å². The van der Waals surface area contributed by atoms with Crippen molar-refractivity contribution in [1.82, 2.24) is 4.98 Å². The number of fused-ring (bicyclic) bond motifs is 1. The number of benzene rings is 1. The molecule has 1 aromatic heterocycles. The summed E-state index contributed by atoms with van der Waals surface area (Å²) in [7, 11) is 3.95. The SMILES string of the molecule is Cc1cc(N(C)C)c2cc(C(N)=O)cc(C)c2n1. The van der Waals surface area contributed by atoms with Crippen LogP contribution in [-0.4, -0.2) is 25.0 Å². The third-order valence-electron chi connectivity index (χ3n) is 2.98. The largest absolute Gasteiger partial charge is 0.377 e. The highest BCUT2D eigenvalue weighted by Gasteiger charge is 2.11. The minimum Gasteiger partial charge on any atom is -0.377 e. The Hall–Kier alpha value is -2.10. The zero-order valence-electron chi connectivity index (χ0n) is 11.1. The fourth-order valence-corrected chi connectivity index (χ4v) is 2.12. The minimum atomic E-state index is -0.412. The number of hydrogen-bond acceptors (Lipinski definition) is 3. The van der Waals surface area contributed by atoms with Crippen LogP contribution in [0.25, 0.3) is 10.9 Å². The first-order valence-electron chi connectivity index (χ1n) is 5.79. The van der Waals surface area contributed by atoms with E-state index in [1.54, 1.807) is 6.07 Å². The molecule has 0 unspecified atom stereocenters. The molecule has 94 valence electrons. The van der Waals surface area contributed by atoms with Crippen molar-refractivity contribution in [3.8, 4) is 0 Å². The molecule has 2 rings (SSSR count). The lowest BCUT2D eigenvalue weighted by Crippen LogP contribution is -2.13. The van der Waals surface area contributed by atoms with Gasteiger partial charge in [-0.2, -0.15) is 0 Å². The Morgan fingerprint density at radius 2 is 1.89 bits per heavy atom. The Balaban J connectivity index is 2.88. The van der Waals surface area contributed by atoms with E-state index in [-0.39, 0.29) is 0 Å². The second-order valence-corrected chi connectivity index (χ2v) is 4.73. The molecule has 0 atom stereocenters. The van der Waals surface area contributed by atoms with Gasteiger partial charge in [-0.1, -0.05) is 0 Å². The summed E-state index contributed by atoms with van der Waals surface area (Å²) < 4.78 is 0. The van der Waals surface area contributed by atoms with Gasteiger partial charge in [-0.3, -0.25) is 9.78 Å². The van der Waals surface area contributed by atoms with Gasteiger partial charge < -0.3 is 10.6 Å². The summed E-state index contributed by atoms with van der Waals surface area (Å²) in [5.41, 5.74) is 9.77. The van der Waals surface area contributed by atoms with E-state index in [0.717, 1.165) is 27.8 Å². The van der Waals surface area contributed by atoms with Gasteiger partial charge in [-0.25, -0.2) is 0 Å². The van der Waals surface area contributed by atoms with Crippen molar-refractivity contribution in [3.63, 3.8) is 0 Å². The van der Waals surface area contributed by atoms with Gasteiger partial charge in [0.2, 0.25) is 5.91 Å². The summed E-state index contributed by atoms with van der Waals surface area (Å²) in [6.07, 6.45) is 0. The van der Waals surface area contributed by atoms with Gasteiger partial charge in [-0.05, 0) is 37.6 Å². The highest BCUT2D eigenvalue weighted by Crippen LogP contribution is 2.28. The van der Waals surface area contributed by atoms with Crippen LogP contribution in [-0.2, 0) is 0 Å². The molecule has 1 aromatic carbocycles. The number of carbonyl (C=O) groups excluding carboxylic acids is 1. The molecule has 0 spiro atoms. The van der Waals surface area contributed by atoms with Crippen LogP contribution in [0.15, 0.2) is 18.2 Å². The Morgan fingerprint density at radius 3 is 2.44 bits per heavy atom. The minimum absolute atomic E-state index is 0.412. The summed E-state index contributed by atoms with van der Waals surface area (Å²) in [5.74, 6) is -0.412. The number of amides is 1. The third kappa shape index (κ3) is 2.01. The Kier molecular flexibility index (Phi) is 2.95. The second-order valence-electron chi connectivity index (χ2n) is 4.73. The highest BCUT2D eigenvalue weighted by atomic mass is 16.1. The molecule has 0 saturated heterocycles. The number of nitrogens with zero attached hydrogens (tertiary/aromatic N) is 2. The molecule has 0 aliphatic carbocycles. The summed E-state index contributed by atoms with van der Waals surface area (Å²) in [4.78, 5) is 17.9. The zero-order chi connectivity index (χ0) is 13.4. The fraction of sp³-hybridized carbons (Fsp3) is 0.286. The summed E-state index contributed by atoms with van der Waals surface area (Å²) >= 11 is 0. The Morgan fingerprint density at radius 1 is 1.22 bits per heavy atom. The Bertz CT molecular complexity index is 632. The van der Waals surface area contributed by atoms with Crippen LogP contribution in [0.1, 0.15) is 21.6 Å². The molecule has 0 bridgehead atoms. The van der Waals surface area contributed by atoms with E-state index in [1.807, 2.05) is 45.0 Å². The summed E-state index contributed by atoms with van der Waals surface area (Å²) in [6, 6.07) is 5.61. The van der Waals surface area contributed by atoms with Gasteiger partial charge in [0.25, 0.3) is 0 Å². The molecule has 1 heterocycles. The third-order valence-corrected chi connectivity index (χ3v) is 2.98. The standard InChI is InChI=1S/C14H17N3O/c1-8-5-10(14(15)18)7-11-12(17(3)4)6-9(2)16-13(8)11/h5-7H,1-4H3,(H2,15,18). The number of anilines is 1. The second kappa shape index (κ2) is 4.29. The van der Waals surface area contributed by atoms with Crippen LogP contribution in [0, 0.1) is 13.8 Å². The zero-order valence-corrected chi connectivity index (χ0v) is 11.1. The van der Waals surface area contributed by atoms with E-state index in [1.165, 1.54) is 0 Å². The molecular weight excluding hydrogens is 226 g/mol. The molecule has 2 N–H and O–H groups in total. The van der Waals surface area contributed by atoms with Crippen molar-refractivity contribution in [1.29, 1.82) is 0 Å². The number of nitrogens with two attached hydrogens (primary N) is 1. The highest BCUT2D eigenvalue weighted by molar-refractivity contribution is 6.01. The maximum Gasteiger partial charge on any atom is 0.248 e. The molecule has 4 nitrogen and oxygen atoms in total. The summed E-state index contributed by atoms with van der Waals surface area (Å²) in [6.45, 7) is 3.91. The molecule has 0 radical (unpaired) electrons. The van der Waals surface area contributed by atoms with E-state index in [9.17, 15) is 4.79 Å². The molecule has 0 aliphatic heterocycles. The van der Waals surface area contributed by atoms with Gasteiger partial charge in [0.15, 0.2) is 0 Å². The van der Waals surface area contributed by atoms with Crippen molar-refractivity contribution in [2.45, 2.75) is 13.8 Å². The van der Waals surface area contributed by atoms with E-state index in [0.29, 0.717) is 5.56 Å². The molecule has 0 saturated carbocycles. The van der Waals surface area contributed by atoms with E-state index < -0.39 is 5.91 Å². The quantitative estimate of drug-likeness (QED) is 0.877. The first kappa shape index (κ1) is 12.4. The van der Waals surface area contributed by atoms with Crippen LogP contribution in [0.4, 0.5) is 5.69 Å². The van der Waals surface area contributed by atoms with Crippen LogP contribution in [0.3, 0.4) is 0 Å². The number of pyridine rings is 1. The van der Waals surface area contributed by atoms with Crippen molar-refractivity contribution in [2.75, 3.05) is 19.0 Å². The van der Waals surface area contributed by atoms with Crippen molar-refractivity contribution in [2.24, 2.45) is 5.73 Å². The molecule has 2 aromatic rings. The predicted octanol–water partition coefficient (Wildman–Crippen LogP) is 2.02. The fourth-order valence-electron chi connectivity index (χ4n) is 2.12. The molecule has 0 fully saturated rings. The van der Waals surface area contributed by atoms with Gasteiger partial charge >= 0.3 is 0 Å². The predicted molar refractivity (Wildman–Crippen MR) is 74.1 cm³/mol. The lowest BCUT2D eigenvalue weighted by atomic mass is 10.0. The van der Waals surface area contributed by atoms with Crippen molar-refractivity contribution >= 4 is 22.5 Å². The van der Waals surface area contributed by atoms with Crippen LogP contribution < -0.4 is 10.6 Å². The smallest absolute Gasteiger partial charge is 0.248 e. The molecule has 18 heavy (non-hydrogen) atoms. The van der Waals surface area contributed by atoms with Crippen molar-refractivity contribution in [3.05, 3.63) is 35.0 Å². The lowest BCUT2D eigenvalue weighted by Gasteiger charge is -2.17. The van der Waals surface area contributed by atoms with Gasteiger partial charge in [-0.15, -0.1) is 0 Å².